The van der Waals surface area contributed by atoms with E-state index >= 15 is 0 Å². The van der Waals surface area contributed by atoms with Crippen LogP contribution in [-0.4, -0.2) is 37.3 Å². The monoisotopic (exact) mass is 260 g/mol. The van der Waals surface area contributed by atoms with Crippen LogP contribution in [0.5, 0.6) is 5.75 Å². The Bertz CT molecular complexity index is 472. The van der Waals surface area contributed by atoms with Crippen molar-refractivity contribution in [1.82, 2.24) is 4.90 Å². The summed E-state index contributed by atoms with van der Waals surface area (Å²) in [6, 6.07) is 7.89. The average molecular weight is 260 g/mol. The van der Waals surface area contributed by atoms with Gasteiger partial charge in [0.1, 0.15) is 11.8 Å². The first kappa shape index (κ1) is 13.9. The van der Waals surface area contributed by atoms with Gasteiger partial charge < -0.3 is 9.47 Å². The average Bonchev–Trinajstić information content (AvgIpc) is 2.37. The number of methoxy groups -OCH3 is 1. The first-order valence-corrected chi connectivity index (χ1v) is 6.57. The molecule has 0 radical (unpaired) electrons. The number of ether oxygens (including phenoxy) is 2. The van der Waals surface area contributed by atoms with Gasteiger partial charge in [-0.25, -0.2) is 0 Å². The lowest BCUT2D eigenvalue weighted by Crippen LogP contribution is -2.44. The molecule has 4 nitrogen and oxygen atoms in total. The highest BCUT2D eigenvalue weighted by atomic mass is 16.5. The Labute approximate surface area is 114 Å². The molecule has 1 aliphatic rings. The lowest BCUT2D eigenvalue weighted by molar-refractivity contribution is -0.0704. The second-order valence-electron chi connectivity index (χ2n) is 5.10. The van der Waals surface area contributed by atoms with E-state index in [-0.39, 0.29) is 12.2 Å². The van der Waals surface area contributed by atoms with Crippen LogP contribution in [0.4, 0.5) is 0 Å². The number of benzene rings is 1. The van der Waals surface area contributed by atoms with Gasteiger partial charge in [0.05, 0.1) is 24.9 Å². The van der Waals surface area contributed by atoms with Crippen LogP contribution in [0.3, 0.4) is 0 Å². The Kier molecular flexibility index (Phi) is 4.41. The van der Waals surface area contributed by atoms with Crippen LogP contribution in [0.15, 0.2) is 18.2 Å². The van der Waals surface area contributed by atoms with Gasteiger partial charge in [-0.05, 0) is 31.5 Å². The second-order valence-corrected chi connectivity index (χ2v) is 5.10. The minimum atomic E-state index is 0.268. The van der Waals surface area contributed by atoms with Crippen LogP contribution in [-0.2, 0) is 11.3 Å². The summed E-state index contributed by atoms with van der Waals surface area (Å²) in [5.41, 5.74) is 1.74. The van der Waals surface area contributed by atoms with Gasteiger partial charge in [0.2, 0.25) is 0 Å². The van der Waals surface area contributed by atoms with Crippen molar-refractivity contribution in [1.29, 1.82) is 5.26 Å². The molecule has 2 rings (SSSR count). The molecule has 0 N–H and O–H groups in total. The summed E-state index contributed by atoms with van der Waals surface area (Å²) >= 11 is 0. The molecule has 0 aliphatic carbocycles. The van der Waals surface area contributed by atoms with Gasteiger partial charge in [-0.15, -0.1) is 0 Å². The number of morpholine rings is 1. The van der Waals surface area contributed by atoms with Crippen LogP contribution in [0.25, 0.3) is 0 Å². The largest absolute Gasteiger partial charge is 0.495 e. The molecule has 1 heterocycles. The van der Waals surface area contributed by atoms with E-state index in [1.807, 2.05) is 18.2 Å². The lowest BCUT2D eigenvalue weighted by atomic mass is 10.1. The normalized spacial score (nSPS) is 23.9. The molecular weight excluding hydrogens is 240 g/mol. The van der Waals surface area contributed by atoms with E-state index in [0.29, 0.717) is 11.3 Å². The van der Waals surface area contributed by atoms with Crippen molar-refractivity contribution < 1.29 is 9.47 Å². The van der Waals surface area contributed by atoms with E-state index < -0.39 is 0 Å². The molecule has 19 heavy (non-hydrogen) atoms. The topological polar surface area (TPSA) is 45.5 Å². The molecule has 2 atom stereocenters. The zero-order valence-corrected chi connectivity index (χ0v) is 11.7. The van der Waals surface area contributed by atoms with E-state index in [2.05, 4.69) is 24.8 Å². The SMILES string of the molecule is COc1cc(CN2C[C@@H](C)O[C@@H](C)C2)ccc1C#N. The van der Waals surface area contributed by atoms with Crippen molar-refractivity contribution >= 4 is 0 Å². The molecular formula is C15H20N2O2. The molecule has 0 aromatic heterocycles. The molecule has 0 bridgehead atoms. The third-order valence-corrected chi connectivity index (χ3v) is 3.29. The summed E-state index contributed by atoms with van der Waals surface area (Å²) in [7, 11) is 1.60. The van der Waals surface area contributed by atoms with Crippen LogP contribution < -0.4 is 4.74 Å². The number of hydrogen-bond donors (Lipinski definition) is 0. The van der Waals surface area contributed by atoms with Crippen LogP contribution >= 0.6 is 0 Å². The lowest BCUT2D eigenvalue weighted by Gasteiger charge is -2.35. The smallest absolute Gasteiger partial charge is 0.136 e. The molecule has 0 spiro atoms. The van der Waals surface area contributed by atoms with E-state index in [1.165, 1.54) is 0 Å². The molecule has 0 unspecified atom stereocenters. The number of rotatable bonds is 3. The molecule has 0 amide bonds. The second kappa shape index (κ2) is 6.05. The summed E-state index contributed by atoms with van der Waals surface area (Å²) in [5.74, 6) is 0.648. The highest BCUT2D eigenvalue weighted by Crippen LogP contribution is 2.21. The Hall–Kier alpha value is -1.57. The highest BCUT2D eigenvalue weighted by Gasteiger charge is 2.22. The molecule has 102 valence electrons. The van der Waals surface area contributed by atoms with Gasteiger partial charge in [-0.3, -0.25) is 4.90 Å². The van der Waals surface area contributed by atoms with E-state index in [4.69, 9.17) is 14.7 Å². The first-order valence-electron chi connectivity index (χ1n) is 6.57. The first-order chi connectivity index (χ1) is 9.12. The minimum Gasteiger partial charge on any atom is -0.495 e. The molecule has 0 saturated carbocycles. The Morgan fingerprint density at radius 2 is 2.05 bits per heavy atom. The van der Waals surface area contributed by atoms with Crippen molar-refractivity contribution in [3.63, 3.8) is 0 Å². The van der Waals surface area contributed by atoms with Crippen molar-refractivity contribution in [3.8, 4) is 11.8 Å². The summed E-state index contributed by atoms with van der Waals surface area (Å²) in [4.78, 5) is 2.37. The number of hydrogen-bond acceptors (Lipinski definition) is 4. The van der Waals surface area contributed by atoms with Crippen molar-refractivity contribution in [2.24, 2.45) is 0 Å². The van der Waals surface area contributed by atoms with Gasteiger partial charge in [-0.2, -0.15) is 5.26 Å². The summed E-state index contributed by atoms with van der Waals surface area (Å²) < 4.78 is 11.0. The van der Waals surface area contributed by atoms with Gasteiger partial charge in [0.25, 0.3) is 0 Å². The molecule has 1 aliphatic heterocycles. The summed E-state index contributed by atoms with van der Waals surface area (Å²) in [6.45, 7) is 6.93. The highest BCUT2D eigenvalue weighted by molar-refractivity contribution is 5.45. The maximum Gasteiger partial charge on any atom is 0.136 e. The fourth-order valence-corrected chi connectivity index (χ4v) is 2.60. The van der Waals surface area contributed by atoms with Gasteiger partial charge >= 0.3 is 0 Å². The third-order valence-electron chi connectivity index (χ3n) is 3.29. The minimum absolute atomic E-state index is 0.268. The third kappa shape index (κ3) is 3.46. The predicted molar refractivity (Wildman–Crippen MR) is 73.0 cm³/mol. The van der Waals surface area contributed by atoms with Gasteiger partial charge in [-0.1, -0.05) is 6.07 Å². The van der Waals surface area contributed by atoms with Crippen LogP contribution in [0.1, 0.15) is 25.0 Å². The fourth-order valence-electron chi connectivity index (χ4n) is 2.60. The summed E-state index contributed by atoms with van der Waals surface area (Å²) in [5, 5.41) is 8.97. The fraction of sp³-hybridized carbons (Fsp3) is 0.533. The Morgan fingerprint density at radius 1 is 1.37 bits per heavy atom. The Balaban J connectivity index is 2.09. The standard InChI is InChI=1S/C15H20N2O2/c1-11-8-17(9-12(2)19-11)10-13-4-5-14(7-16)15(6-13)18-3/h4-6,11-12H,8-10H2,1-3H3/t11-,12+. The number of nitrogens with zero attached hydrogens (tertiary/aromatic N) is 2. The zero-order valence-electron chi connectivity index (χ0n) is 11.7. The molecule has 1 aromatic carbocycles. The van der Waals surface area contributed by atoms with E-state index in [9.17, 15) is 0 Å². The zero-order chi connectivity index (χ0) is 13.8. The predicted octanol–water partition coefficient (Wildman–Crippen LogP) is 2.18. The molecule has 1 saturated heterocycles. The Morgan fingerprint density at radius 3 is 2.63 bits per heavy atom. The maximum atomic E-state index is 8.97. The summed E-state index contributed by atoms with van der Waals surface area (Å²) in [6.07, 6.45) is 0.535. The maximum absolute atomic E-state index is 8.97. The van der Waals surface area contributed by atoms with Gasteiger partial charge in [0.15, 0.2) is 0 Å². The van der Waals surface area contributed by atoms with Crippen LogP contribution in [0.2, 0.25) is 0 Å². The van der Waals surface area contributed by atoms with Crippen molar-refractivity contribution in [3.05, 3.63) is 29.3 Å². The quantitative estimate of drug-likeness (QED) is 0.835. The van der Waals surface area contributed by atoms with Crippen molar-refractivity contribution in [2.75, 3.05) is 20.2 Å². The van der Waals surface area contributed by atoms with Crippen LogP contribution in [0, 0.1) is 11.3 Å². The van der Waals surface area contributed by atoms with E-state index in [0.717, 1.165) is 25.2 Å². The molecule has 1 aromatic rings. The van der Waals surface area contributed by atoms with E-state index in [1.54, 1.807) is 7.11 Å². The molecule has 4 heteroatoms. The number of nitriles is 1. The van der Waals surface area contributed by atoms with Crippen molar-refractivity contribution in [2.45, 2.75) is 32.6 Å². The molecule has 1 fully saturated rings. The van der Waals surface area contributed by atoms with Gasteiger partial charge in [0, 0.05) is 19.6 Å².